The molecule has 0 aliphatic carbocycles. The number of carbonyl (C=O) groups excluding carboxylic acids is 1. The summed E-state index contributed by atoms with van der Waals surface area (Å²) in [6, 6.07) is 15.0. The number of amides is 1. The number of methoxy groups -OCH3 is 1. The van der Waals surface area contributed by atoms with E-state index in [-0.39, 0.29) is 12.5 Å². The Hall–Kier alpha value is -3.38. The van der Waals surface area contributed by atoms with Crippen LogP contribution in [-0.4, -0.2) is 39.5 Å². The van der Waals surface area contributed by atoms with Crippen LogP contribution in [0, 0.1) is 6.92 Å². The minimum atomic E-state index is -0.220. The van der Waals surface area contributed by atoms with E-state index < -0.39 is 0 Å². The average Bonchev–Trinajstić information content (AvgIpc) is 3.27. The fourth-order valence-corrected chi connectivity index (χ4v) is 3.69. The molecule has 0 unspecified atom stereocenters. The van der Waals surface area contributed by atoms with Crippen molar-refractivity contribution in [1.82, 2.24) is 19.4 Å². The molecule has 7 heteroatoms. The fraction of sp³-hybridized carbons (Fsp3) is 0.174. The summed E-state index contributed by atoms with van der Waals surface area (Å²) in [6.07, 6.45) is 3.77. The highest BCUT2D eigenvalue weighted by Gasteiger charge is 2.21. The lowest BCUT2D eigenvalue weighted by atomic mass is 10.1. The summed E-state index contributed by atoms with van der Waals surface area (Å²) in [6.45, 7) is 2.21. The van der Waals surface area contributed by atoms with Crippen LogP contribution in [0.25, 0.3) is 16.6 Å². The number of hydrogen-bond acceptors (Lipinski definition) is 4. The van der Waals surface area contributed by atoms with E-state index in [4.69, 9.17) is 16.3 Å². The van der Waals surface area contributed by atoms with Crippen LogP contribution in [0.3, 0.4) is 0 Å². The Morgan fingerprint density at radius 3 is 2.60 bits per heavy atom. The number of benzene rings is 2. The molecule has 0 aliphatic heterocycles. The molecule has 0 radical (unpaired) electrons. The van der Waals surface area contributed by atoms with Crippen molar-refractivity contribution >= 4 is 28.4 Å². The van der Waals surface area contributed by atoms with Gasteiger partial charge in [-0.05, 0) is 31.2 Å². The predicted molar refractivity (Wildman–Crippen MR) is 117 cm³/mol. The molecule has 4 aromatic rings. The van der Waals surface area contributed by atoms with E-state index in [1.807, 2.05) is 60.3 Å². The van der Waals surface area contributed by atoms with Gasteiger partial charge in [-0.1, -0.05) is 29.8 Å². The molecule has 1 amide bonds. The average molecular weight is 421 g/mol. The normalized spacial score (nSPS) is 10.9. The van der Waals surface area contributed by atoms with Crippen LogP contribution >= 0.6 is 11.6 Å². The van der Waals surface area contributed by atoms with Crippen LogP contribution in [-0.2, 0) is 6.54 Å². The van der Waals surface area contributed by atoms with Crippen LogP contribution in [0.15, 0.2) is 60.9 Å². The third-order valence-corrected chi connectivity index (χ3v) is 5.25. The van der Waals surface area contributed by atoms with Crippen molar-refractivity contribution in [1.29, 1.82) is 0 Å². The standard InChI is InChI=1S/C23H21ClN4O2/c1-15-16-8-4-5-9-19(16)26-22(25-15)14-27(2)23(29)17-12-18(24)20(13-21(17)30-3)28-10-6-7-11-28/h4-13H,14H2,1-3H3. The minimum Gasteiger partial charge on any atom is -0.496 e. The third kappa shape index (κ3) is 3.74. The molecule has 2 aromatic carbocycles. The van der Waals surface area contributed by atoms with Gasteiger partial charge in [0.2, 0.25) is 0 Å². The number of aromatic nitrogens is 3. The molecule has 0 aliphatic rings. The number of rotatable bonds is 5. The first kappa shape index (κ1) is 19.9. The number of halogens is 1. The topological polar surface area (TPSA) is 60.2 Å². The summed E-state index contributed by atoms with van der Waals surface area (Å²) >= 11 is 6.47. The van der Waals surface area contributed by atoms with Gasteiger partial charge in [-0.15, -0.1) is 0 Å². The Bertz CT molecular complexity index is 1220. The van der Waals surface area contributed by atoms with E-state index in [9.17, 15) is 4.79 Å². The van der Waals surface area contributed by atoms with Gasteiger partial charge in [0.05, 0.1) is 35.4 Å². The molecular weight excluding hydrogens is 400 g/mol. The van der Waals surface area contributed by atoms with Crippen LogP contribution in [0.1, 0.15) is 21.9 Å². The van der Waals surface area contributed by atoms with E-state index in [2.05, 4.69) is 9.97 Å². The number of aryl methyl sites for hydroxylation is 1. The maximum absolute atomic E-state index is 13.2. The number of fused-ring (bicyclic) bond motifs is 1. The van der Waals surface area contributed by atoms with Crippen molar-refractivity contribution < 1.29 is 9.53 Å². The summed E-state index contributed by atoms with van der Waals surface area (Å²) in [7, 11) is 3.25. The van der Waals surface area contributed by atoms with Gasteiger partial charge in [0.15, 0.2) is 0 Å². The zero-order chi connectivity index (χ0) is 21.3. The summed E-state index contributed by atoms with van der Waals surface area (Å²) in [5.74, 6) is 0.814. The molecule has 6 nitrogen and oxygen atoms in total. The van der Waals surface area contributed by atoms with Crippen molar-refractivity contribution in [3.05, 3.63) is 83.0 Å². The van der Waals surface area contributed by atoms with E-state index in [1.54, 1.807) is 24.1 Å². The highest BCUT2D eigenvalue weighted by molar-refractivity contribution is 6.33. The van der Waals surface area contributed by atoms with Gasteiger partial charge in [-0.25, -0.2) is 9.97 Å². The molecule has 0 N–H and O–H groups in total. The van der Waals surface area contributed by atoms with Crippen molar-refractivity contribution in [2.45, 2.75) is 13.5 Å². The Morgan fingerprint density at radius 2 is 1.87 bits per heavy atom. The maximum Gasteiger partial charge on any atom is 0.257 e. The monoisotopic (exact) mass is 420 g/mol. The van der Waals surface area contributed by atoms with Gasteiger partial charge in [-0.2, -0.15) is 0 Å². The lowest BCUT2D eigenvalue weighted by Crippen LogP contribution is -2.27. The molecule has 0 bridgehead atoms. The molecule has 0 saturated heterocycles. The van der Waals surface area contributed by atoms with Crippen LogP contribution in [0.5, 0.6) is 5.75 Å². The smallest absolute Gasteiger partial charge is 0.257 e. The van der Waals surface area contributed by atoms with Crippen molar-refractivity contribution in [3.63, 3.8) is 0 Å². The molecule has 30 heavy (non-hydrogen) atoms. The van der Waals surface area contributed by atoms with Crippen molar-refractivity contribution in [2.24, 2.45) is 0 Å². The maximum atomic E-state index is 13.2. The molecule has 2 heterocycles. The highest BCUT2D eigenvalue weighted by atomic mass is 35.5. The molecular formula is C23H21ClN4O2. The van der Waals surface area contributed by atoms with Crippen LogP contribution < -0.4 is 4.74 Å². The second-order valence-corrected chi connectivity index (χ2v) is 7.41. The van der Waals surface area contributed by atoms with E-state index in [1.165, 1.54) is 7.11 Å². The number of nitrogens with zero attached hydrogens (tertiary/aromatic N) is 4. The fourth-order valence-electron chi connectivity index (χ4n) is 3.43. The quantitative estimate of drug-likeness (QED) is 0.471. The highest BCUT2D eigenvalue weighted by Crippen LogP contribution is 2.31. The first-order valence-electron chi connectivity index (χ1n) is 9.46. The van der Waals surface area contributed by atoms with Gasteiger partial charge < -0.3 is 14.2 Å². The molecule has 0 fully saturated rings. The third-order valence-electron chi connectivity index (χ3n) is 4.95. The minimum absolute atomic E-state index is 0.220. The van der Waals surface area contributed by atoms with Gasteiger partial charge in [0.25, 0.3) is 5.91 Å². The van der Waals surface area contributed by atoms with Gasteiger partial charge in [-0.3, -0.25) is 4.79 Å². The second kappa shape index (κ2) is 8.16. The molecule has 0 atom stereocenters. The lowest BCUT2D eigenvalue weighted by molar-refractivity contribution is 0.0778. The Balaban J connectivity index is 1.63. The van der Waals surface area contributed by atoms with Crippen molar-refractivity contribution in [3.8, 4) is 11.4 Å². The largest absolute Gasteiger partial charge is 0.496 e. The summed E-state index contributed by atoms with van der Waals surface area (Å²) in [5.41, 5.74) is 2.87. The van der Waals surface area contributed by atoms with E-state index in [0.717, 1.165) is 22.3 Å². The number of para-hydroxylation sites is 1. The number of ether oxygens (including phenoxy) is 1. The van der Waals surface area contributed by atoms with Gasteiger partial charge in [0.1, 0.15) is 11.6 Å². The Morgan fingerprint density at radius 1 is 1.13 bits per heavy atom. The SMILES string of the molecule is COc1cc(-n2cccc2)c(Cl)cc1C(=O)N(C)Cc1nc(C)c2ccccc2n1. The summed E-state index contributed by atoms with van der Waals surface area (Å²) in [4.78, 5) is 23.9. The first-order chi connectivity index (χ1) is 14.5. The van der Waals surface area contributed by atoms with Gasteiger partial charge in [0, 0.05) is 36.6 Å². The first-order valence-corrected chi connectivity index (χ1v) is 9.84. The zero-order valence-corrected chi connectivity index (χ0v) is 17.7. The Kier molecular flexibility index (Phi) is 5.42. The predicted octanol–water partition coefficient (Wildman–Crippen LogP) is 4.66. The van der Waals surface area contributed by atoms with E-state index in [0.29, 0.717) is 22.2 Å². The zero-order valence-electron chi connectivity index (χ0n) is 17.0. The molecule has 2 aromatic heterocycles. The summed E-state index contributed by atoms with van der Waals surface area (Å²) < 4.78 is 7.36. The number of hydrogen-bond donors (Lipinski definition) is 0. The van der Waals surface area contributed by atoms with Crippen LogP contribution in [0.4, 0.5) is 0 Å². The second-order valence-electron chi connectivity index (χ2n) is 7.00. The molecule has 4 rings (SSSR count). The number of carbonyl (C=O) groups is 1. The lowest BCUT2D eigenvalue weighted by Gasteiger charge is -2.19. The van der Waals surface area contributed by atoms with E-state index >= 15 is 0 Å². The van der Waals surface area contributed by atoms with Crippen LogP contribution in [0.2, 0.25) is 5.02 Å². The molecule has 152 valence electrons. The molecule has 0 spiro atoms. The van der Waals surface area contributed by atoms with Crippen molar-refractivity contribution in [2.75, 3.05) is 14.2 Å². The molecule has 0 saturated carbocycles. The van der Waals surface area contributed by atoms with Gasteiger partial charge >= 0.3 is 0 Å². The summed E-state index contributed by atoms with van der Waals surface area (Å²) in [5, 5.41) is 1.46. The Labute approximate surface area is 179 Å².